The Kier molecular flexibility index (Phi) is 10.1. The summed E-state index contributed by atoms with van der Waals surface area (Å²) in [5.74, 6) is -0.480. The van der Waals surface area contributed by atoms with Crippen molar-refractivity contribution < 1.29 is 14.7 Å². The lowest BCUT2D eigenvalue weighted by molar-refractivity contribution is -0.135. The van der Waals surface area contributed by atoms with Gasteiger partial charge in [-0.3, -0.25) is 14.6 Å². The molecule has 0 atom stereocenters. The molecule has 22 heavy (non-hydrogen) atoms. The maximum absolute atomic E-state index is 11.6. The van der Waals surface area contributed by atoms with Gasteiger partial charge in [-0.25, -0.2) is 0 Å². The fraction of sp³-hybridized carbons (Fsp3) is 0.438. The Morgan fingerprint density at radius 2 is 1.77 bits per heavy atom. The summed E-state index contributed by atoms with van der Waals surface area (Å²) in [5.41, 5.74) is 1.48. The second-order valence-corrected chi connectivity index (χ2v) is 4.20. The molecular formula is C16H25N3O3. The molecule has 0 spiro atoms. The van der Waals surface area contributed by atoms with Crippen LogP contribution < -0.4 is 10.6 Å². The highest BCUT2D eigenvalue weighted by Gasteiger charge is 2.07. The van der Waals surface area contributed by atoms with Crippen molar-refractivity contribution in [2.45, 2.75) is 33.6 Å². The number of rotatable bonds is 6. The van der Waals surface area contributed by atoms with E-state index in [1.54, 1.807) is 31.3 Å². The maximum atomic E-state index is 11.6. The first-order valence-electron chi connectivity index (χ1n) is 7.39. The Labute approximate surface area is 131 Å². The van der Waals surface area contributed by atoms with Gasteiger partial charge < -0.3 is 15.7 Å². The predicted molar refractivity (Wildman–Crippen MR) is 89.4 cm³/mol. The zero-order valence-corrected chi connectivity index (χ0v) is 13.6. The first-order chi connectivity index (χ1) is 10.6. The molecular weight excluding hydrogens is 282 g/mol. The molecule has 3 N–H and O–H groups in total. The molecule has 1 amide bonds. The average Bonchev–Trinajstić information content (AvgIpc) is 2.53. The standard InChI is InChI=1S/C14H19N3O3.C2H6/c1-3-4-12(18)17-14(15-2)10-5-7-11(8-6-10)16-9-13(19)20;1-2/h5-8,16H,3-4,9H2,1-2H3,(H,19,20)(H,15,17,18);1-2H3. The monoisotopic (exact) mass is 307 g/mol. The lowest BCUT2D eigenvalue weighted by Crippen LogP contribution is -2.30. The number of nitrogens with zero attached hydrogens (tertiary/aromatic N) is 1. The van der Waals surface area contributed by atoms with Crippen LogP contribution in [0, 0.1) is 0 Å². The van der Waals surface area contributed by atoms with Gasteiger partial charge in [-0.2, -0.15) is 0 Å². The summed E-state index contributed by atoms with van der Waals surface area (Å²) in [7, 11) is 1.61. The summed E-state index contributed by atoms with van der Waals surface area (Å²) in [6.07, 6.45) is 1.23. The molecule has 0 fully saturated rings. The van der Waals surface area contributed by atoms with E-state index in [1.165, 1.54) is 0 Å². The van der Waals surface area contributed by atoms with E-state index < -0.39 is 5.97 Å². The molecule has 0 bridgehead atoms. The van der Waals surface area contributed by atoms with Gasteiger partial charge in [0.15, 0.2) is 0 Å². The van der Waals surface area contributed by atoms with Gasteiger partial charge in [-0.15, -0.1) is 0 Å². The Morgan fingerprint density at radius 3 is 2.23 bits per heavy atom. The molecule has 0 aliphatic heterocycles. The number of amides is 1. The van der Waals surface area contributed by atoms with Gasteiger partial charge in [-0.1, -0.05) is 20.8 Å². The van der Waals surface area contributed by atoms with Crippen LogP contribution >= 0.6 is 0 Å². The summed E-state index contributed by atoms with van der Waals surface area (Å²) >= 11 is 0. The summed E-state index contributed by atoms with van der Waals surface area (Å²) in [6.45, 7) is 5.80. The topological polar surface area (TPSA) is 90.8 Å². The van der Waals surface area contributed by atoms with Crippen LogP contribution in [0.3, 0.4) is 0 Å². The quantitative estimate of drug-likeness (QED) is 0.556. The van der Waals surface area contributed by atoms with Gasteiger partial charge in [0.25, 0.3) is 0 Å². The third-order valence-corrected chi connectivity index (χ3v) is 2.56. The molecule has 0 aliphatic carbocycles. The van der Waals surface area contributed by atoms with Crippen LogP contribution in [0.15, 0.2) is 29.3 Å². The lowest BCUT2D eigenvalue weighted by atomic mass is 10.1. The number of carbonyl (C=O) groups excluding carboxylic acids is 1. The Hall–Kier alpha value is -2.37. The Morgan fingerprint density at radius 1 is 1.18 bits per heavy atom. The van der Waals surface area contributed by atoms with Crippen molar-refractivity contribution >= 4 is 23.4 Å². The number of hydrogen-bond donors (Lipinski definition) is 3. The summed E-state index contributed by atoms with van der Waals surface area (Å²) in [4.78, 5) is 26.1. The highest BCUT2D eigenvalue weighted by molar-refractivity contribution is 6.08. The van der Waals surface area contributed by atoms with Crippen molar-refractivity contribution in [2.24, 2.45) is 4.99 Å². The Balaban J connectivity index is 0.00000211. The molecule has 0 aliphatic rings. The minimum atomic E-state index is -0.920. The zero-order chi connectivity index (χ0) is 17.0. The second kappa shape index (κ2) is 11.3. The van der Waals surface area contributed by atoms with Crippen molar-refractivity contribution in [3.05, 3.63) is 29.8 Å². The number of carboxylic acids is 1. The van der Waals surface area contributed by atoms with Crippen molar-refractivity contribution in [1.29, 1.82) is 0 Å². The predicted octanol–water partition coefficient (Wildman–Crippen LogP) is 2.50. The molecule has 0 unspecified atom stereocenters. The molecule has 0 heterocycles. The van der Waals surface area contributed by atoms with E-state index in [1.807, 2.05) is 20.8 Å². The van der Waals surface area contributed by atoms with Crippen LogP contribution in [0.2, 0.25) is 0 Å². The molecule has 6 nitrogen and oxygen atoms in total. The van der Waals surface area contributed by atoms with Crippen molar-refractivity contribution in [3.63, 3.8) is 0 Å². The number of carboxylic acid groups (broad SMARTS) is 1. The molecule has 0 saturated heterocycles. The third-order valence-electron chi connectivity index (χ3n) is 2.56. The van der Waals surface area contributed by atoms with Crippen molar-refractivity contribution in [2.75, 3.05) is 18.9 Å². The highest BCUT2D eigenvalue weighted by atomic mass is 16.4. The van der Waals surface area contributed by atoms with Crippen LogP contribution in [0.1, 0.15) is 39.2 Å². The Bertz CT molecular complexity index is 496. The smallest absolute Gasteiger partial charge is 0.322 e. The number of aliphatic imine (C=N–C) groups is 1. The molecule has 122 valence electrons. The third kappa shape index (κ3) is 7.42. The number of benzene rings is 1. The molecule has 0 saturated carbocycles. The fourth-order valence-electron chi connectivity index (χ4n) is 1.60. The maximum Gasteiger partial charge on any atom is 0.322 e. The molecule has 0 aromatic heterocycles. The SMILES string of the molecule is CC.CCCC(=O)NC(=NC)c1ccc(NCC(=O)O)cc1. The largest absolute Gasteiger partial charge is 0.480 e. The van der Waals surface area contributed by atoms with E-state index >= 15 is 0 Å². The van der Waals surface area contributed by atoms with Gasteiger partial charge in [-0.05, 0) is 30.7 Å². The van der Waals surface area contributed by atoms with Crippen LogP contribution in [-0.4, -0.2) is 36.4 Å². The van der Waals surface area contributed by atoms with E-state index in [9.17, 15) is 9.59 Å². The molecule has 0 radical (unpaired) electrons. The molecule has 1 aromatic carbocycles. The van der Waals surface area contributed by atoms with Gasteiger partial charge in [0.2, 0.25) is 5.91 Å². The number of aliphatic carboxylic acids is 1. The number of nitrogens with one attached hydrogen (secondary N) is 2. The van der Waals surface area contributed by atoms with Crippen LogP contribution in [-0.2, 0) is 9.59 Å². The minimum absolute atomic E-state index is 0.0684. The normalized spacial score (nSPS) is 10.3. The number of hydrogen-bond acceptors (Lipinski definition) is 4. The lowest BCUT2D eigenvalue weighted by Gasteiger charge is -2.09. The first kappa shape index (κ1) is 19.6. The van der Waals surface area contributed by atoms with Gasteiger partial charge in [0.05, 0.1) is 0 Å². The summed E-state index contributed by atoms with van der Waals surface area (Å²) < 4.78 is 0. The fourth-order valence-corrected chi connectivity index (χ4v) is 1.60. The van der Waals surface area contributed by atoms with Crippen molar-refractivity contribution in [3.8, 4) is 0 Å². The minimum Gasteiger partial charge on any atom is -0.480 e. The highest BCUT2D eigenvalue weighted by Crippen LogP contribution is 2.09. The molecule has 6 heteroatoms. The summed E-state index contributed by atoms with van der Waals surface area (Å²) in [5, 5.41) is 14.1. The van der Waals surface area contributed by atoms with E-state index in [-0.39, 0.29) is 12.5 Å². The van der Waals surface area contributed by atoms with Crippen molar-refractivity contribution in [1.82, 2.24) is 5.32 Å². The van der Waals surface area contributed by atoms with E-state index in [0.29, 0.717) is 17.9 Å². The first-order valence-corrected chi connectivity index (χ1v) is 7.39. The van der Waals surface area contributed by atoms with Crippen LogP contribution in [0.4, 0.5) is 5.69 Å². The number of anilines is 1. The van der Waals surface area contributed by atoms with E-state index in [2.05, 4.69) is 15.6 Å². The molecule has 1 aromatic rings. The van der Waals surface area contributed by atoms with Crippen LogP contribution in [0.5, 0.6) is 0 Å². The zero-order valence-electron chi connectivity index (χ0n) is 13.6. The number of amidine groups is 1. The van der Waals surface area contributed by atoms with Gasteiger partial charge in [0.1, 0.15) is 12.4 Å². The summed E-state index contributed by atoms with van der Waals surface area (Å²) in [6, 6.07) is 7.04. The van der Waals surface area contributed by atoms with Gasteiger partial charge in [0, 0.05) is 24.7 Å². The second-order valence-electron chi connectivity index (χ2n) is 4.20. The van der Waals surface area contributed by atoms with Gasteiger partial charge >= 0.3 is 5.97 Å². The van der Waals surface area contributed by atoms with E-state index in [4.69, 9.17) is 5.11 Å². The van der Waals surface area contributed by atoms with E-state index in [0.717, 1.165) is 12.0 Å². The molecule has 1 rings (SSSR count). The van der Waals surface area contributed by atoms with Crippen LogP contribution in [0.25, 0.3) is 0 Å². The number of carbonyl (C=O) groups is 2. The average molecular weight is 307 g/mol.